The molecule has 2 aromatic rings. The molecule has 0 bridgehead atoms. The minimum atomic E-state index is -0.797. The molecule has 1 amide bonds. The maximum Gasteiger partial charge on any atom is 0.254 e. The molecule has 3 N–H and O–H groups in total. The van der Waals surface area contributed by atoms with E-state index >= 15 is 0 Å². The molecule has 6 nitrogen and oxygen atoms in total. The summed E-state index contributed by atoms with van der Waals surface area (Å²) in [6.07, 6.45) is 1.20. The van der Waals surface area contributed by atoms with Gasteiger partial charge in [0, 0.05) is 50.5 Å². The van der Waals surface area contributed by atoms with Crippen molar-refractivity contribution in [1.82, 2.24) is 9.80 Å². The van der Waals surface area contributed by atoms with Gasteiger partial charge < -0.3 is 20.4 Å². The summed E-state index contributed by atoms with van der Waals surface area (Å²) in [6.45, 7) is 7.29. The fourth-order valence-electron chi connectivity index (χ4n) is 4.46. The number of benzene rings is 2. The van der Waals surface area contributed by atoms with E-state index in [1.54, 1.807) is 18.7 Å². The number of aliphatic hydroxyl groups is 2. The van der Waals surface area contributed by atoms with Crippen molar-refractivity contribution < 1.29 is 15.0 Å². The molecule has 2 aliphatic rings. The van der Waals surface area contributed by atoms with Gasteiger partial charge in [0.2, 0.25) is 0 Å². The van der Waals surface area contributed by atoms with Crippen molar-refractivity contribution in [3.8, 4) is 0 Å². The molecule has 0 aliphatic carbocycles. The number of fused-ring (bicyclic) bond motifs is 2. The summed E-state index contributed by atoms with van der Waals surface area (Å²) in [5, 5.41) is 23.8. The van der Waals surface area contributed by atoms with Gasteiger partial charge in [0.1, 0.15) is 0 Å². The van der Waals surface area contributed by atoms with Gasteiger partial charge in [-0.15, -0.1) is 0 Å². The molecule has 0 radical (unpaired) electrons. The van der Waals surface area contributed by atoms with Gasteiger partial charge in [-0.2, -0.15) is 0 Å². The summed E-state index contributed by atoms with van der Waals surface area (Å²) in [6, 6.07) is 14.2. The normalized spacial score (nSPS) is 17.8. The molecular formula is C25H33N3O3. The molecule has 0 aromatic heterocycles. The highest BCUT2D eigenvalue weighted by Gasteiger charge is 2.27. The van der Waals surface area contributed by atoms with Crippen LogP contribution in [0.3, 0.4) is 0 Å². The van der Waals surface area contributed by atoms with Gasteiger partial charge in [0.15, 0.2) is 0 Å². The topological polar surface area (TPSA) is 76.0 Å². The van der Waals surface area contributed by atoms with Gasteiger partial charge in [0.25, 0.3) is 5.91 Å². The monoisotopic (exact) mass is 423 g/mol. The van der Waals surface area contributed by atoms with Gasteiger partial charge in [-0.1, -0.05) is 24.3 Å². The van der Waals surface area contributed by atoms with Crippen LogP contribution in [0.25, 0.3) is 0 Å². The zero-order valence-electron chi connectivity index (χ0n) is 18.5. The van der Waals surface area contributed by atoms with Crippen LogP contribution in [0.1, 0.15) is 40.9 Å². The Morgan fingerprint density at radius 2 is 1.77 bits per heavy atom. The zero-order chi connectivity index (χ0) is 22.0. The number of nitrogens with one attached hydrogen (secondary N) is 1. The van der Waals surface area contributed by atoms with E-state index in [4.69, 9.17) is 0 Å². The van der Waals surface area contributed by atoms with Crippen LogP contribution < -0.4 is 5.32 Å². The van der Waals surface area contributed by atoms with E-state index in [0.29, 0.717) is 31.7 Å². The number of aliphatic hydroxyl groups excluding tert-OH is 1. The van der Waals surface area contributed by atoms with Crippen molar-refractivity contribution in [3.63, 3.8) is 0 Å². The molecule has 31 heavy (non-hydrogen) atoms. The number of carbonyl (C=O) groups is 1. The predicted octanol–water partition coefficient (Wildman–Crippen LogP) is 2.29. The van der Waals surface area contributed by atoms with Gasteiger partial charge in [-0.05, 0) is 61.6 Å². The molecule has 0 fully saturated rings. The molecule has 2 heterocycles. The Morgan fingerprint density at radius 1 is 1.03 bits per heavy atom. The molecule has 0 saturated heterocycles. The van der Waals surface area contributed by atoms with Gasteiger partial charge in [-0.3, -0.25) is 9.69 Å². The van der Waals surface area contributed by atoms with E-state index in [1.165, 1.54) is 11.1 Å². The minimum Gasteiger partial charge on any atom is -0.390 e. The van der Waals surface area contributed by atoms with Crippen LogP contribution in [0, 0.1) is 0 Å². The summed E-state index contributed by atoms with van der Waals surface area (Å²) in [5.74, 6) is -0.0154. The lowest BCUT2D eigenvalue weighted by molar-refractivity contribution is 0.0493. The number of amides is 1. The van der Waals surface area contributed by atoms with Crippen molar-refractivity contribution in [2.45, 2.75) is 44.9 Å². The van der Waals surface area contributed by atoms with Gasteiger partial charge in [0.05, 0.1) is 11.7 Å². The third-order valence-electron chi connectivity index (χ3n) is 6.11. The van der Waals surface area contributed by atoms with Gasteiger partial charge >= 0.3 is 0 Å². The first-order valence-electron chi connectivity index (χ1n) is 11.1. The van der Waals surface area contributed by atoms with Crippen LogP contribution >= 0.6 is 0 Å². The summed E-state index contributed by atoms with van der Waals surface area (Å²) >= 11 is 0. The first-order valence-corrected chi connectivity index (χ1v) is 11.1. The molecule has 6 heteroatoms. The first kappa shape index (κ1) is 21.8. The average Bonchev–Trinajstić information content (AvgIpc) is 2.73. The van der Waals surface area contributed by atoms with Crippen molar-refractivity contribution in [2.24, 2.45) is 0 Å². The number of carbonyl (C=O) groups excluding carboxylic acids is 1. The Hall–Kier alpha value is -2.41. The maximum absolute atomic E-state index is 13.0. The fraction of sp³-hybridized carbons (Fsp3) is 0.480. The minimum absolute atomic E-state index is 0.0154. The number of nitrogens with zero attached hydrogens (tertiary/aromatic N) is 2. The molecular weight excluding hydrogens is 390 g/mol. The lowest BCUT2D eigenvalue weighted by Crippen LogP contribution is -2.46. The van der Waals surface area contributed by atoms with E-state index in [9.17, 15) is 15.0 Å². The van der Waals surface area contributed by atoms with E-state index in [0.717, 1.165) is 37.2 Å². The molecule has 0 unspecified atom stereocenters. The number of rotatable bonds is 7. The summed E-state index contributed by atoms with van der Waals surface area (Å²) in [4.78, 5) is 17.0. The Morgan fingerprint density at radius 3 is 2.55 bits per heavy atom. The van der Waals surface area contributed by atoms with Crippen LogP contribution in [0.4, 0.5) is 5.69 Å². The second-order valence-electron chi connectivity index (χ2n) is 9.45. The number of β-amino-alcohol motifs (C(OH)–C–C–N with tert-alkyl or cyclic N) is 1. The number of hydrogen-bond donors (Lipinski definition) is 3. The second kappa shape index (κ2) is 8.99. The number of anilines is 1. The summed E-state index contributed by atoms with van der Waals surface area (Å²) in [7, 11) is 0. The van der Waals surface area contributed by atoms with E-state index in [1.807, 2.05) is 18.2 Å². The average molecular weight is 424 g/mol. The first-order chi connectivity index (χ1) is 14.8. The van der Waals surface area contributed by atoms with Crippen molar-refractivity contribution in [2.75, 3.05) is 38.0 Å². The van der Waals surface area contributed by atoms with Gasteiger partial charge in [-0.25, -0.2) is 0 Å². The Kier molecular flexibility index (Phi) is 6.32. The van der Waals surface area contributed by atoms with Crippen molar-refractivity contribution in [1.29, 1.82) is 0 Å². The summed E-state index contributed by atoms with van der Waals surface area (Å²) in [5.41, 5.74) is 4.57. The number of hydrogen-bond acceptors (Lipinski definition) is 5. The molecule has 4 rings (SSSR count). The highest BCUT2D eigenvalue weighted by atomic mass is 16.3. The Bertz CT molecular complexity index is 938. The Labute approximate surface area is 184 Å². The lowest BCUT2D eigenvalue weighted by atomic mass is 9.97. The highest BCUT2D eigenvalue weighted by Crippen LogP contribution is 2.24. The van der Waals surface area contributed by atoms with E-state index in [2.05, 4.69) is 34.5 Å². The van der Waals surface area contributed by atoms with Crippen LogP contribution in [-0.2, 0) is 19.4 Å². The van der Waals surface area contributed by atoms with Crippen LogP contribution in [0.5, 0.6) is 0 Å². The smallest absolute Gasteiger partial charge is 0.254 e. The third kappa shape index (κ3) is 5.45. The largest absolute Gasteiger partial charge is 0.390 e. The van der Waals surface area contributed by atoms with Crippen LogP contribution in [-0.4, -0.2) is 70.3 Å². The molecule has 1 atom stereocenters. The van der Waals surface area contributed by atoms with Crippen LogP contribution in [0.2, 0.25) is 0 Å². The zero-order valence-corrected chi connectivity index (χ0v) is 18.5. The van der Waals surface area contributed by atoms with Crippen LogP contribution in [0.15, 0.2) is 42.5 Å². The summed E-state index contributed by atoms with van der Waals surface area (Å²) < 4.78 is 0. The third-order valence-corrected chi connectivity index (χ3v) is 6.11. The van der Waals surface area contributed by atoms with E-state index in [-0.39, 0.29) is 5.91 Å². The highest BCUT2D eigenvalue weighted by molar-refractivity contribution is 5.97. The molecule has 2 aromatic carbocycles. The van der Waals surface area contributed by atoms with E-state index < -0.39 is 11.7 Å². The molecule has 0 spiro atoms. The fourth-order valence-corrected chi connectivity index (χ4v) is 4.46. The quantitative estimate of drug-likeness (QED) is 0.637. The second-order valence-corrected chi connectivity index (χ2v) is 9.45. The van der Waals surface area contributed by atoms with Crippen molar-refractivity contribution in [3.05, 3.63) is 64.7 Å². The van der Waals surface area contributed by atoms with Crippen molar-refractivity contribution >= 4 is 11.6 Å². The lowest BCUT2D eigenvalue weighted by Gasteiger charge is -2.34. The Balaban J connectivity index is 1.33. The predicted molar refractivity (Wildman–Crippen MR) is 122 cm³/mol. The standard InChI is InChI=1S/C25H33N3O3/c1-25(2,31)17-26-21-7-8-23-19(13-21)10-12-28(24(23)30)16-22(29)15-27-11-9-18-5-3-4-6-20(18)14-27/h3-8,13,22,26,29,31H,9-12,14-17H2,1-2H3/t22-/m1/s1. The molecule has 2 aliphatic heterocycles. The molecule has 166 valence electrons. The molecule has 0 saturated carbocycles. The maximum atomic E-state index is 13.0. The SMILES string of the molecule is CC(C)(O)CNc1ccc2c(c1)CCN(C[C@H](O)CN1CCc3ccccc3C1)C2=O.